The third-order valence-electron chi connectivity index (χ3n) is 4.30. The Morgan fingerprint density at radius 2 is 1.67 bits per heavy atom. The van der Waals surface area contributed by atoms with Crippen LogP contribution in [-0.4, -0.2) is 0 Å². The van der Waals surface area contributed by atoms with E-state index in [0.29, 0.717) is 0 Å². The van der Waals surface area contributed by atoms with E-state index in [1.54, 1.807) is 0 Å². The summed E-state index contributed by atoms with van der Waals surface area (Å²) in [6.07, 6.45) is 3.32. The maximum atomic E-state index is 6.34. The number of hydrogen-bond acceptors (Lipinski definition) is 1. The van der Waals surface area contributed by atoms with Gasteiger partial charge < -0.3 is 5.73 Å². The van der Waals surface area contributed by atoms with E-state index in [-0.39, 0.29) is 18.4 Å². The fraction of sp³-hybridized carbons (Fsp3) is 0.368. The zero-order valence-electron chi connectivity index (χ0n) is 12.8. The lowest BCUT2D eigenvalue weighted by Crippen LogP contribution is -2.11. The van der Waals surface area contributed by atoms with Crippen molar-refractivity contribution >= 4 is 12.4 Å². The first-order valence-corrected chi connectivity index (χ1v) is 7.62. The smallest absolute Gasteiger partial charge is 0.0295 e. The van der Waals surface area contributed by atoms with E-state index in [0.717, 1.165) is 18.8 Å². The molecule has 112 valence electrons. The van der Waals surface area contributed by atoms with Gasteiger partial charge >= 0.3 is 0 Å². The van der Waals surface area contributed by atoms with Gasteiger partial charge in [0.25, 0.3) is 0 Å². The standard InChI is InChI=1S/C19H23N.ClH/c1-13(2)7-10-19(20)15-8-9-18-16(12-15)11-14-5-3-4-6-17(14)18;/h3-6,8-9,12-13,19H,7,10-11,20H2,1-2H3;1H/t19-;/m0./s1. The monoisotopic (exact) mass is 301 g/mol. The van der Waals surface area contributed by atoms with Crippen LogP contribution in [0.4, 0.5) is 0 Å². The van der Waals surface area contributed by atoms with E-state index in [2.05, 4.69) is 56.3 Å². The van der Waals surface area contributed by atoms with Gasteiger partial charge in [0.1, 0.15) is 0 Å². The Labute approximate surface area is 134 Å². The molecule has 21 heavy (non-hydrogen) atoms. The molecule has 1 nitrogen and oxygen atoms in total. The number of fused-ring (bicyclic) bond motifs is 3. The Kier molecular flexibility index (Phi) is 5.08. The second-order valence-electron chi connectivity index (χ2n) is 6.33. The van der Waals surface area contributed by atoms with Crippen LogP contribution in [0, 0.1) is 5.92 Å². The van der Waals surface area contributed by atoms with E-state index < -0.39 is 0 Å². The molecule has 0 spiro atoms. The van der Waals surface area contributed by atoms with E-state index in [1.807, 2.05) is 0 Å². The fourth-order valence-corrected chi connectivity index (χ4v) is 3.08. The minimum atomic E-state index is 0. The van der Waals surface area contributed by atoms with Gasteiger partial charge in [-0.2, -0.15) is 0 Å². The van der Waals surface area contributed by atoms with Crippen LogP contribution in [0.3, 0.4) is 0 Å². The summed E-state index contributed by atoms with van der Waals surface area (Å²) >= 11 is 0. The Hall–Kier alpha value is -1.31. The first kappa shape index (κ1) is 16.1. The van der Waals surface area contributed by atoms with Gasteiger partial charge in [-0.1, -0.05) is 56.3 Å². The maximum Gasteiger partial charge on any atom is 0.0295 e. The zero-order valence-corrected chi connectivity index (χ0v) is 13.6. The van der Waals surface area contributed by atoms with Crippen molar-refractivity contribution in [1.82, 2.24) is 0 Å². The lowest BCUT2D eigenvalue weighted by atomic mass is 9.95. The topological polar surface area (TPSA) is 26.0 Å². The lowest BCUT2D eigenvalue weighted by Gasteiger charge is -2.15. The molecule has 0 amide bonds. The van der Waals surface area contributed by atoms with Crippen LogP contribution in [-0.2, 0) is 6.42 Å². The maximum absolute atomic E-state index is 6.34. The molecular weight excluding hydrogens is 278 g/mol. The highest BCUT2D eigenvalue weighted by molar-refractivity contribution is 5.85. The average molecular weight is 302 g/mol. The first-order chi connectivity index (χ1) is 9.65. The Morgan fingerprint density at radius 3 is 2.43 bits per heavy atom. The predicted molar refractivity (Wildman–Crippen MR) is 92.9 cm³/mol. The predicted octanol–water partition coefficient (Wildman–Crippen LogP) is 5.12. The molecule has 1 atom stereocenters. The molecule has 3 rings (SSSR count). The molecule has 1 aliphatic rings. The van der Waals surface area contributed by atoms with Gasteiger partial charge in [0.05, 0.1) is 0 Å². The molecule has 0 saturated carbocycles. The summed E-state index contributed by atoms with van der Waals surface area (Å²) in [7, 11) is 0. The summed E-state index contributed by atoms with van der Waals surface area (Å²) in [5, 5.41) is 0. The van der Waals surface area contributed by atoms with Gasteiger partial charge in [0, 0.05) is 6.04 Å². The summed E-state index contributed by atoms with van der Waals surface area (Å²) in [4.78, 5) is 0. The van der Waals surface area contributed by atoms with Crippen LogP contribution < -0.4 is 5.73 Å². The summed E-state index contributed by atoms with van der Waals surface area (Å²) in [6.45, 7) is 4.51. The summed E-state index contributed by atoms with van der Waals surface area (Å²) in [5.74, 6) is 0.722. The van der Waals surface area contributed by atoms with Gasteiger partial charge in [0.15, 0.2) is 0 Å². The second-order valence-corrected chi connectivity index (χ2v) is 6.33. The van der Waals surface area contributed by atoms with E-state index in [1.165, 1.54) is 34.2 Å². The molecule has 0 fully saturated rings. The molecule has 0 bridgehead atoms. The van der Waals surface area contributed by atoms with E-state index in [4.69, 9.17) is 5.73 Å². The summed E-state index contributed by atoms with van der Waals surface area (Å²) in [6, 6.07) is 15.7. The van der Waals surface area contributed by atoms with Crippen molar-refractivity contribution in [1.29, 1.82) is 0 Å². The minimum Gasteiger partial charge on any atom is -0.324 e. The highest BCUT2D eigenvalue weighted by Crippen LogP contribution is 2.37. The Bertz CT molecular complexity index is 619. The molecular formula is C19H24ClN. The van der Waals surface area contributed by atoms with E-state index in [9.17, 15) is 0 Å². The van der Waals surface area contributed by atoms with Crippen LogP contribution in [0.2, 0.25) is 0 Å². The van der Waals surface area contributed by atoms with Crippen LogP contribution in [0.15, 0.2) is 42.5 Å². The number of rotatable bonds is 4. The van der Waals surface area contributed by atoms with Gasteiger partial charge in [-0.25, -0.2) is 0 Å². The van der Waals surface area contributed by atoms with Crippen molar-refractivity contribution in [2.45, 2.75) is 39.2 Å². The van der Waals surface area contributed by atoms with Crippen molar-refractivity contribution in [2.24, 2.45) is 11.7 Å². The molecule has 0 unspecified atom stereocenters. The Morgan fingerprint density at radius 1 is 0.952 bits per heavy atom. The van der Waals surface area contributed by atoms with Crippen LogP contribution >= 0.6 is 12.4 Å². The van der Waals surface area contributed by atoms with Gasteiger partial charge in [0.2, 0.25) is 0 Å². The van der Waals surface area contributed by atoms with Crippen LogP contribution in [0.25, 0.3) is 11.1 Å². The van der Waals surface area contributed by atoms with Crippen molar-refractivity contribution < 1.29 is 0 Å². The third kappa shape index (κ3) is 3.30. The molecule has 2 N–H and O–H groups in total. The highest BCUT2D eigenvalue weighted by Gasteiger charge is 2.19. The van der Waals surface area contributed by atoms with Crippen LogP contribution in [0.5, 0.6) is 0 Å². The number of nitrogens with two attached hydrogens (primary N) is 1. The molecule has 1 aliphatic carbocycles. The van der Waals surface area contributed by atoms with Crippen LogP contribution in [0.1, 0.15) is 49.4 Å². The molecule has 2 aromatic rings. The van der Waals surface area contributed by atoms with Crippen molar-refractivity contribution in [3.05, 3.63) is 59.2 Å². The number of halogens is 1. The molecule has 0 saturated heterocycles. The van der Waals surface area contributed by atoms with E-state index >= 15 is 0 Å². The van der Waals surface area contributed by atoms with Gasteiger partial charge in [-0.15, -0.1) is 12.4 Å². The minimum absolute atomic E-state index is 0. The first-order valence-electron chi connectivity index (χ1n) is 7.62. The number of hydrogen-bond donors (Lipinski definition) is 1. The average Bonchev–Trinajstić information content (AvgIpc) is 2.82. The molecule has 0 heterocycles. The fourth-order valence-electron chi connectivity index (χ4n) is 3.08. The van der Waals surface area contributed by atoms with Crippen molar-refractivity contribution in [2.75, 3.05) is 0 Å². The van der Waals surface area contributed by atoms with Gasteiger partial charge in [-0.05, 0) is 53.0 Å². The molecule has 0 radical (unpaired) electrons. The highest BCUT2D eigenvalue weighted by atomic mass is 35.5. The second kappa shape index (κ2) is 6.64. The SMILES string of the molecule is CC(C)CC[C@H](N)c1ccc2c(c1)Cc1ccccc1-2.Cl. The van der Waals surface area contributed by atoms with Gasteiger partial charge in [-0.3, -0.25) is 0 Å². The molecule has 0 aromatic heterocycles. The molecule has 2 aromatic carbocycles. The summed E-state index contributed by atoms with van der Waals surface area (Å²) in [5.41, 5.74) is 13.3. The summed E-state index contributed by atoms with van der Waals surface area (Å²) < 4.78 is 0. The molecule has 0 aliphatic heterocycles. The zero-order chi connectivity index (χ0) is 14.1. The van der Waals surface area contributed by atoms with Crippen molar-refractivity contribution in [3.63, 3.8) is 0 Å². The number of benzene rings is 2. The lowest BCUT2D eigenvalue weighted by molar-refractivity contribution is 0.507. The normalized spacial score (nSPS) is 13.5. The third-order valence-corrected chi connectivity index (χ3v) is 4.30. The Balaban J connectivity index is 0.00000161. The van der Waals surface area contributed by atoms with Crippen molar-refractivity contribution in [3.8, 4) is 11.1 Å². The quantitative estimate of drug-likeness (QED) is 0.711. The molecule has 2 heteroatoms. The largest absolute Gasteiger partial charge is 0.324 e.